The number of anilines is 1. The number of aromatic nitrogens is 4. The van der Waals surface area contributed by atoms with Crippen LogP contribution in [0.2, 0.25) is 0 Å². The summed E-state index contributed by atoms with van der Waals surface area (Å²) in [5.74, 6) is 0.860. The fourth-order valence-corrected chi connectivity index (χ4v) is 2.88. The molecule has 1 N–H and O–H groups in total. The molecule has 1 unspecified atom stereocenters. The molecule has 2 heterocycles. The lowest BCUT2D eigenvalue weighted by Gasteiger charge is -2.19. The summed E-state index contributed by atoms with van der Waals surface area (Å²) >= 11 is 0. The van der Waals surface area contributed by atoms with E-state index in [0.29, 0.717) is 0 Å². The molecule has 0 aliphatic heterocycles. The smallest absolute Gasteiger partial charge is 0.137 e. The van der Waals surface area contributed by atoms with Gasteiger partial charge in [0.15, 0.2) is 0 Å². The van der Waals surface area contributed by atoms with Gasteiger partial charge in [-0.2, -0.15) is 5.10 Å². The van der Waals surface area contributed by atoms with Crippen molar-refractivity contribution in [2.75, 3.05) is 5.32 Å². The molecule has 2 aromatic heterocycles. The van der Waals surface area contributed by atoms with E-state index < -0.39 is 0 Å². The number of benzene rings is 1. The maximum Gasteiger partial charge on any atom is 0.137 e. The molecular weight excluding hydrogens is 298 g/mol. The number of hydrogen-bond acceptors (Lipinski definition) is 4. The number of rotatable bonds is 3. The number of aryl methyl sites for hydroxylation is 2. The molecule has 3 rings (SSSR count). The maximum absolute atomic E-state index is 4.66. The van der Waals surface area contributed by atoms with E-state index in [1.54, 1.807) is 6.33 Å². The second-order valence-corrected chi connectivity index (χ2v) is 7.34. The van der Waals surface area contributed by atoms with Gasteiger partial charge in [0.1, 0.15) is 12.1 Å². The van der Waals surface area contributed by atoms with Gasteiger partial charge in [-0.05, 0) is 53.2 Å². The van der Waals surface area contributed by atoms with Crippen molar-refractivity contribution in [2.24, 2.45) is 0 Å². The molecule has 126 valence electrons. The van der Waals surface area contributed by atoms with Gasteiger partial charge < -0.3 is 5.32 Å². The first-order valence-electron chi connectivity index (χ1n) is 8.31. The van der Waals surface area contributed by atoms with Crippen LogP contribution >= 0.6 is 0 Å². The molecule has 5 nitrogen and oxygen atoms in total. The molecule has 0 amide bonds. The van der Waals surface area contributed by atoms with Crippen LogP contribution in [0.15, 0.2) is 30.7 Å². The molecule has 1 aromatic carbocycles. The highest BCUT2D eigenvalue weighted by Crippen LogP contribution is 2.27. The van der Waals surface area contributed by atoms with Crippen LogP contribution in [0.5, 0.6) is 0 Å². The van der Waals surface area contributed by atoms with Crippen molar-refractivity contribution in [3.8, 4) is 0 Å². The van der Waals surface area contributed by atoms with Crippen molar-refractivity contribution in [1.29, 1.82) is 0 Å². The summed E-state index contributed by atoms with van der Waals surface area (Å²) in [4.78, 5) is 8.86. The van der Waals surface area contributed by atoms with Crippen LogP contribution in [-0.4, -0.2) is 19.7 Å². The Labute approximate surface area is 143 Å². The first-order valence-corrected chi connectivity index (χ1v) is 8.31. The molecule has 0 aliphatic carbocycles. The zero-order valence-electron chi connectivity index (χ0n) is 15.3. The lowest BCUT2D eigenvalue weighted by Crippen LogP contribution is -2.22. The van der Waals surface area contributed by atoms with Crippen molar-refractivity contribution in [3.63, 3.8) is 0 Å². The minimum atomic E-state index is -0.0263. The van der Waals surface area contributed by atoms with E-state index in [4.69, 9.17) is 0 Å². The molecule has 0 bridgehead atoms. The Balaban J connectivity index is 1.95. The second-order valence-electron chi connectivity index (χ2n) is 7.34. The molecular formula is C19H25N5. The first kappa shape index (κ1) is 16.4. The van der Waals surface area contributed by atoms with Gasteiger partial charge >= 0.3 is 0 Å². The van der Waals surface area contributed by atoms with Crippen LogP contribution < -0.4 is 5.32 Å². The Morgan fingerprint density at radius 1 is 1.12 bits per heavy atom. The molecule has 3 aromatic rings. The zero-order chi connectivity index (χ0) is 17.5. The summed E-state index contributed by atoms with van der Waals surface area (Å²) in [7, 11) is 0. The van der Waals surface area contributed by atoms with E-state index in [-0.39, 0.29) is 11.6 Å². The molecule has 0 saturated heterocycles. The molecule has 5 heteroatoms. The van der Waals surface area contributed by atoms with E-state index in [1.165, 1.54) is 5.56 Å². The molecule has 0 saturated carbocycles. The average Bonchev–Trinajstić information content (AvgIpc) is 2.90. The molecule has 0 fully saturated rings. The van der Waals surface area contributed by atoms with Gasteiger partial charge in [0.25, 0.3) is 0 Å². The maximum atomic E-state index is 4.66. The average molecular weight is 323 g/mol. The van der Waals surface area contributed by atoms with Crippen molar-refractivity contribution >= 4 is 16.7 Å². The van der Waals surface area contributed by atoms with Gasteiger partial charge in [0.2, 0.25) is 0 Å². The van der Waals surface area contributed by atoms with Crippen LogP contribution in [0.4, 0.5) is 5.82 Å². The number of fused-ring (bicyclic) bond motifs is 1. The first-order chi connectivity index (χ1) is 11.3. The summed E-state index contributed by atoms with van der Waals surface area (Å²) in [6.07, 6.45) is 3.75. The van der Waals surface area contributed by atoms with E-state index in [1.807, 2.05) is 10.7 Å². The summed E-state index contributed by atoms with van der Waals surface area (Å²) < 4.78 is 2.03. The van der Waals surface area contributed by atoms with Gasteiger partial charge in [-0.3, -0.25) is 4.68 Å². The predicted octanol–water partition coefficient (Wildman–Crippen LogP) is 4.37. The number of nitrogens with one attached hydrogen (secondary N) is 1. The molecule has 24 heavy (non-hydrogen) atoms. The molecule has 1 atom stereocenters. The molecule has 0 aliphatic rings. The molecule has 0 radical (unpaired) electrons. The minimum Gasteiger partial charge on any atom is -0.363 e. The van der Waals surface area contributed by atoms with Gasteiger partial charge in [0.05, 0.1) is 22.8 Å². The van der Waals surface area contributed by atoms with Crippen molar-refractivity contribution in [1.82, 2.24) is 19.7 Å². The SMILES string of the molecule is Cc1nn(C(C)(C)C)cc1C(C)Nc1ncnc2c(C)cccc12. The lowest BCUT2D eigenvalue weighted by molar-refractivity contribution is 0.354. The van der Waals surface area contributed by atoms with Crippen molar-refractivity contribution < 1.29 is 0 Å². The van der Waals surface area contributed by atoms with Crippen molar-refractivity contribution in [2.45, 2.75) is 53.1 Å². The third-order valence-corrected chi connectivity index (χ3v) is 4.31. The lowest BCUT2D eigenvalue weighted by atomic mass is 10.1. The standard InChI is InChI=1S/C19H25N5/c1-12-8-7-9-15-17(12)20-11-21-18(15)22-13(2)16-10-24(19(4,5)6)23-14(16)3/h7-11,13H,1-6H3,(H,20,21,22). The normalized spacial score (nSPS) is 13.2. The summed E-state index contributed by atoms with van der Waals surface area (Å²) in [6.45, 7) is 12.7. The highest BCUT2D eigenvalue weighted by Gasteiger charge is 2.20. The van der Waals surface area contributed by atoms with Crippen LogP contribution in [0.25, 0.3) is 10.9 Å². The topological polar surface area (TPSA) is 55.6 Å². The predicted molar refractivity (Wildman–Crippen MR) is 98.3 cm³/mol. The summed E-state index contributed by atoms with van der Waals surface area (Å²) in [5, 5.41) is 9.24. The Morgan fingerprint density at radius 3 is 2.54 bits per heavy atom. The monoisotopic (exact) mass is 323 g/mol. The highest BCUT2D eigenvalue weighted by atomic mass is 15.3. The van der Waals surface area contributed by atoms with Gasteiger partial charge in [-0.15, -0.1) is 0 Å². The Kier molecular flexibility index (Phi) is 4.03. The Hall–Kier alpha value is -2.43. The number of hydrogen-bond donors (Lipinski definition) is 1. The number of nitrogens with zero attached hydrogens (tertiary/aromatic N) is 4. The fourth-order valence-electron chi connectivity index (χ4n) is 2.88. The third kappa shape index (κ3) is 2.98. The summed E-state index contributed by atoms with van der Waals surface area (Å²) in [5.41, 5.74) is 4.34. The largest absolute Gasteiger partial charge is 0.363 e. The third-order valence-electron chi connectivity index (χ3n) is 4.31. The van der Waals surface area contributed by atoms with Crippen LogP contribution in [-0.2, 0) is 5.54 Å². The van der Waals surface area contributed by atoms with Crippen molar-refractivity contribution in [3.05, 3.63) is 47.5 Å². The Bertz CT molecular complexity index is 873. The van der Waals surface area contributed by atoms with E-state index in [9.17, 15) is 0 Å². The zero-order valence-corrected chi connectivity index (χ0v) is 15.3. The van der Waals surface area contributed by atoms with E-state index in [2.05, 4.69) is 80.3 Å². The van der Waals surface area contributed by atoms with E-state index >= 15 is 0 Å². The quantitative estimate of drug-likeness (QED) is 0.777. The minimum absolute atomic E-state index is 0.0263. The molecule has 0 spiro atoms. The van der Waals surface area contributed by atoms with Gasteiger partial charge in [-0.25, -0.2) is 9.97 Å². The second kappa shape index (κ2) is 5.89. The van der Waals surface area contributed by atoms with Crippen LogP contribution in [0.1, 0.15) is 50.6 Å². The van der Waals surface area contributed by atoms with Gasteiger partial charge in [0, 0.05) is 17.1 Å². The highest BCUT2D eigenvalue weighted by molar-refractivity contribution is 5.90. The fraction of sp³-hybridized carbons (Fsp3) is 0.421. The van der Waals surface area contributed by atoms with E-state index in [0.717, 1.165) is 28.0 Å². The van der Waals surface area contributed by atoms with Crippen LogP contribution in [0.3, 0.4) is 0 Å². The van der Waals surface area contributed by atoms with Gasteiger partial charge in [-0.1, -0.05) is 12.1 Å². The summed E-state index contributed by atoms with van der Waals surface area (Å²) in [6, 6.07) is 6.28. The van der Waals surface area contributed by atoms with Crippen LogP contribution in [0, 0.1) is 13.8 Å². The number of para-hydroxylation sites is 1. The Morgan fingerprint density at radius 2 is 1.88 bits per heavy atom.